The van der Waals surface area contributed by atoms with Crippen molar-refractivity contribution in [2.45, 2.75) is 51.3 Å². The number of rotatable bonds is 10. The molecule has 1 aliphatic rings. The highest BCUT2D eigenvalue weighted by atomic mass is 32.2. The van der Waals surface area contributed by atoms with Crippen molar-refractivity contribution in [3.05, 3.63) is 102 Å². The van der Waals surface area contributed by atoms with Crippen LogP contribution in [-0.4, -0.2) is 49.9 Å². The number of carbonyl (C=O) groups is 4. The predicted octanol–water partition coefficient (Wildman–Crippen LogP) is 2.87. The monoisotopic (exact) mass is 633 g/mol. The molecule has 0 aliphatic carbocycles. The molecule has 0 saturated carbocycles. The number of ether oxygens (including phenoxy) is 1. The number of benzene rings is 3. The summed E-state index contributed by atoms with van der Waals surface area (Å²) in [6.07, 6.45) is 0.321. The highest BCUT2D eigenvalue weighted by molar-refractivity contribution is 7.99. The summed E-state index contributed by atoms with van der Waals surface area (Å²) in [6.45, 7) is 5.10. The Labute approximate surface area is 261 Å². The van der Waals surface area contributed by atoms with Crippen molar-refractivity contribution in [2.24, 2.45) is 0 Å². The largest absolute Gasteiger partial charge is 0.444 e. The first-order valence-electron chi connectivity index (χ1n) is 14.1. The fourth-order valence-corrected chi connectivity index (χ4v) is 5.66. The van der Waals surface area contributed by atoms with Gasteiger partial charge in [0.1, 0.15) is 22.6 Å². The second-order valence-corrected chi connectivity index (χ2v) is 13.1. The van der Waals surface area contributed by atoms with Gasteiger partial charge in [-0.25, -0.2) is 17.9 Å². The van der Waals surface area contributed by atoms with Crippen LogP contribution in [0, 0.1) is 0 Å². The fraction of sp³-hybridized carbons (Fsp3) is 0.250. The van der Waals surface area contributed by atoms with Gasteiger partial charge in [-0.2, -0.15) is 0 Å². The van der Waals surface area contributed by atoms with Crippen LogP contribution in [0.5, 0.6) is 0 Å². The Kier molecular flexibility index (Phi) is 9.92. The summed E-state index contributed by atoms with van der Waals surface area (Å²) in [5.41, 5.74) is 7.52. The summed E-state index contributed by atoms with van der Waals surface area (Å²) in [4.78, 5) is 51.4. The molecule has 0 radical (unpaired) electrons. The molecule has 1 heterocycles. The molecule has 4 rings (SSSR count). The number of carbonyl (C=O) groups excluding carboxylic acids is 4. The number of alkyl carbamates (subject to hydrolysis) is 1. The van der Waals surface area contributed by atoms with Gasteiger partial charge in [-0.1, -0.05) is 66.7 Å². The summed E-state index contributed by atoms with van der Waals surface area (Å²) in [5, 5.41) is 8.12. The highest BCUT2D eigenvalue weighted by Crippen LogP contribution is 2.25. The number of nitrogens with two attached hydrogens (primary N) is 1. The van der Waals surface area contributed by atoms with Gasteiger partial charge in [-0.15, -0.1) is 0 Å². The quantitative estimate of drug-likeness (QED) is 0.211. The minimum atomic E-state index is -3.97. The van der Waals surface area contributed by atoms with Gasteiger partial charge in [0.05, 0.1) is 11.4 Å². The van der Waals surface area contributed by atoms with E-state index in [1.54, 1.807) is 69.3 Å². The topological polar surface area (TPSA) is 186 Å². The van der Waals surface area contributed by atoms with Crippen LogP contribution < -0.4 is 26.4 Å². The minimum Gasteiger partial charge on any atom is -0.444 e. The zero-order valence-electron chi connectivity index (χ0n) is 25.0. The van der Waals surface area contributed by atoms with E-state index in [4.69, 9.17) is 10.5 Å². The van der Waals surface area contributed by atoms with Gasteiger partial charge in [0.2, 0.25) is 11.8 Å². The molecule has 3 aromatic carbocycles. The Morgan fingerprint density at radius 2 is 1.40 bits per heavy atom. The maximum Gasteiger partial charge on any atom is 0.408 e. The molecule has 6 N–H and O–H groups in total. The molecule has 1 unspecified atom stereocenters. The van der Waals surface area contributed by atoms with Gasteiger partial charge >= 0.3 is 6.09 Å². The third-order valence-electron chi connectivity index (χ3n) is 6.61. The average molecular weight is 634 g/mol. The van der Waals surface area contributed by atoms with Crippen molar-refractivity contribution in [3.8, 4) is 0 Å². The van der Waals surface area contributed by atoms with E-state index in [9.17, 15) is 27.6 Å². The zero-order chi connectivity index (χ0) is 32.8. The lowest BCUT2D eigenvalue weighted by molar-refractivity contribution is -0.127. The number of amides is 4. The molecule has 236 valence electrons. The standard InChI is InChI=1S/C32H35N5O7S/c1-32(2,3)44-31(41)36-26(17-20-9-5-4-6-10-20)30(40)35-25(29(39)34-24-12-8-7-11-23(24)33)18-21-13-15-22(16-14-21)27-19-28(38)37-45(27,42)43/h4-16,19,25-26H,17-18,33H2,1-3H3,(H,34,39)(H,35,40)(H,36,41)(H,37,38)/t25?,26-/m0/s1. The first kappa shape index (κ1) is 32.7. The Morgan fingerprint density at radius 1 is 0.822 bits per heavy atom. The van der Waals surface area contributed by atoms with Gasteiger partial charge in [0.15, 0.2) is 0 Å². The molecular weight excluding hydrogens is 598 g/mol. The molecule has 0 spiro atoms. The molecule has 3 aromatic rings. The van der Waals surface area contributed by atoms with Gasteiger partial charge in [0, 0.05) is 18.9 Å². The average Bonchev–Trinajstić information content (AvgIpc) is 3.24. The molecule has 13 heteroatoms. The van der Waals surface area contributed by atoms with E-state index in [1.807, 2.05) is 22.9 Å². The summed E-state index contributed by atoms with van der Waals surface area (Å²) in [5.74, 6) is -1.94. The number of sulfonamides is 1. The van der Waals surface area contributed by atoms with E-state index in [1.165, 1.54) is 12.1 Å². The van der Waals surface area contributed by atoms with E-state index < -0.39 is 51.5 Å². The fourth-order valence-electron chi connectivity index (χ4n) is 4.51. The first-order valence-corrected chi connectivity index (χ1v) is 15.6. The molecule has 12 nitrogen and oxygen atoms in total. The molecule has 0 saturated heterocycles. The van der Waals surface area contributed by atoms with Crippen LogP contribution in [0.15, 0.2) is 84.9 Å². The molecule has 1 aliphatic heterocycles. The van der Waals surface area contributed by atoms with Crippen LogP contribution in [0.4, 0.5) is 16.2 Å². The van der Waals surface area contributed by atoms with Crippen LogP contribution in [-0.2, 0) is 42.0 Å². The lowest BCUT2D eigenvalue weighted by atomic mass is 10.0. The number of anilines is 2. The molecular formula is C32H35N5O7S. The Balaban J connectivity index is 1.59. The van der Waals surface area contributed by atoms with Crippen LogP contribution in [0.2, 0.25) is 0 Å². The SMILES string of the molecule is CC(C)(C)OC(=O)N[C@@H](Cc1ccccc1)C(=O)NC(Cc1ccc(C2=CC(=O)NS2(=O)=O)cc1)C(=O)Nc1ccccc1N. The van der Waals surface area contributed by atoms with E-state index in [2.05, 4.69) is 16.0 Å². The summed E-state index contributed by atoms with van der Waals surface area (Å²) < 4.78 is 31.8. The van der Waals surface area contributed by atoms with Crippen molar-refractivity contribution in [1.29, 1.82) is 0 Å². The van der Waals surface area contributed by atoms with Gasteiger partial charge in [0.25, 0.3) is 15.9 Å². The number of hydrogen-bond acceptors (Lipinski definition) is 8. The molecule has 4 amide bonds. The van der Waals surface area contributed by atoms with Crippen molar-refractivity contribution in [1.82, 2.24) is 15.4 Å². The Morgan fingerprint density at radius 3 is 1.98 bits per heavy atom. The van der Waals surface area contributed by atoms with Gasteiger partial charge < -0.3 is 26.4 Å². The van der Waals surface area contributed by atoms with Gasteiger partial charge in [-0.3, -0.25) is 14.4 Å². The van der Waals surface area contributed by atoms with Crippen molar-refractivity contribution >= 4 is 50.1 Å². The van der Waals surface area contributed by atoms with Crippen LogP contribution in [0.1, 0.15) is 37.5 Å². The van der Waals surface area contributed by atoms with Crippen LogP contribution in [0.3, 0.4) is 0 Å². The first-order chi connectivity index (χ1) is 21.2. The summed E-state index contributed by atoms with van der Waals surface area (Å²) in [6, 6.07) is 19.7. The maximum atomic E-state index is 13.7. The molecule has 0 bridgehead atoms. The molecule has 0 fully saturated rings. The molecule has 45 heavy (non-hydrogen) atoms. The van der Waals surface area contributed by atoms with Gasteiger partial charge in [-0.05, 0) is 49.6 Å². The van der Waals surface area contributed by atoms with Crippen LogP contribution in [0.25, 0.3) is 4.91 Å². The second-order valence-electron chi connectivity index (χ2n) is 11.4. The lowest BCUT2D eigenvalue weighted by Gasteiger charge is -2.25. The third kappa shape index (κ3) is 9.16. The van der Waals surface area contributed by atoms with E-state index >= 15 is 0 Å². The summed E-state index contributed by atoms with van der Waals surface area (Å²) in [7, 11) is -3.97. The third-order valence-corrected chi connectivity index (χ3v) is 8.01. The number of para-hydroxylation sites is 2. The highest BCUT2D eigenvalue weighted by Gasteiger charge is 2.31. The van der Waals surface area contributed by atoms with Crippen LogP contribution >= 0.6 is 0 Å². The number of hydrogen-bond donors (Lipinski definition) is 5. The Hall–Kier alpha value is -5.17. The Bertz CT molecular complexity index is 1720. The summed E-state index contributed by atoms with van der Waals surface area (Å²) >= 11 is 0. The zero-order valence-corrected chi connectivity index (χ0v) is 25.8. The molecule has 2 atom stereocenters. The number of nitrogens with one attached hydrogen (secondary N) is 4. The number of nitrogen functional groups attached to an aromatic ring is 1. The van der Waals surface area contributed by atoms with E-state index in [0.29, 0.717) is 16.9 Å². The van der Waals surface area contributed by atoms with Crippen molar-refractivity contribution in [3.63, 3.8) is 0 Å². The maximum absolute atomic E-state index is 13.7. The second kappa shape index (κ2) is 13.6. The lowest BCUT2D eigenvalue weighted by Crippen LogP contribution is -2.54. The smallest absolute Gasteiger partial charge is 0.408 e. The van der Waals surface area contributed by atoms with E-state index in [-0.39, 0.29) is 23.3 Å². The minimum absolute atomic E-state index is 0.00192. The van der Waals surface area contributed by atoms with E-state index in [0.717, 1.165) is 11.6 Å². The predicted molar refractivity (Wildman–Crippen MR) is 170 cm³/mol. The normalized spacial score (nSPS) is 15.2. The van der Waals surface area contributed by atoms with Crippen molar-refractivity contribution in [2.75, 3.05) is 11.1 Å². The van der Waals surface area contributed by atoms with Crippen molar-refractivity contribution < 1.29 is 32.3 Å². The molecule has 0 aromatic heterocycles.